The van der Waals surface area contributed by atoms with Gasteiger partial charge in [0.05, 0.1) is 10.8 Å². The van der Waals surface area contributed by atoms with Crippen molar-refractivity contribution < 1.29 is 23.8 Å². The molecule has 0 spiro atoms. The molecule has 1 unspecified atom stereocenters. The summed E-state index contributed by atoms with van der Waals surface area (Å²) >= 11 is 0. The molecule has 1 N–H and O–H groups in total. The van der Waals surface area contributed by atoms with Gasteiger partial charge in [0.1, 0.15) is 5.82 Å². The van der Waals surface area contributed by atoms with Gasteiger partial charge in [-0.15, -0.1) is 0 Å². The molecule has 1 atom stereocenters. The lowest BCUT2D eigenvalue weighted by Gasteiger charge is -2.39. The molecule has 0 aromatic heterocycles. The number of hydrogen-bond donors (Lipinski definition) is 1. The Kier molecular flexibility index (Phi) is 5.06. The Hall–Kier alpha value is -1.95. The molecule has 26 heavy (non-hydrogen) atoms. The molecular weight excluding hydrogens is 337 g/mol. The second-order valence-corrected chi connectivity index (χ2v) is 7.79. The number of ether oxygens (including phenoxy) is 1. The van der Waals surface area contributed by atoms with Gasteiger partial charge >= 0.3 is 5.97 Å². The van der Waals surface area contributed by atoms with Crippen LogP contribution in [0.2, 0.25) is 0 Å². The van der Waals surface area contributed by atoms with Crippen LogP contribution in [0, 0.1) is 17.2 Å². The van der Waals surface area contributed by atoms with E-state index in [0.29, 0.717) is 39.0 Å². The van der Waals surface area contributed by atoms with Gasteiger partial charge in [0.15, 0.2) is 0 Å². The van der Waals surface area contributed by atoms with E-state index in [1.807, 2.05) is 13.8 Å². The molecule has 3 rings (SSSR count). The summed E-state index contributed by atoms with van der Waals surface area (Å²) < 4.78 is 18.8. The predicted molar refractivity (Wildman–Crippen MR) is 94.2 cm³/mol. The van der Waals surface area contributed by atoms with Crippen molar-refractivity contribution in [3.05, 3.63) is 35.6 Å². The molecule has 6 heteroatoms. The van der Waals surface area contributed by atoms with Crippen LogP contribution in [-0.2, 0) is 19.7 Å². The second-order valence-electron chi connectivity index (χ2n) is 7.79. The number of carboxylic acid groups (broad SMARTS) is 1. The fraction of sp³-hybridized carbons (Fsp3) is 0.600. The van der Waals surface area contributed by atoms with Crippen LogP contribution in [0.1, 0.15) is 38.7 Å². The molecule has 142 valence electrons. The number of amides is 1. The first-order chi connectivity index (χ1) is 12.3. The molecule has 0 saturated carbocycles. The molecule has 2 aliphatic rings. The minimum absolute atomic E-state index is 0.0591. The first kappa shape index (κ1) is 18.8. The standard InChI is InChI=1S/C20H26FNO4/c1-14(2)20(18(24)25)7-10-22(13-20)17(23)19(8-11-26-12-9-19)15-3-5-16(21)6-4-15/h3-6,14H,7-13H2,1-2H3,(H,24,25). The largest absolute Gasteiger partial charge is 0.481 e. The van der Waals surface area contributed by atoms with Gasteiger partial charge in [0.25, 0.3) is 0 Å². The minimum atomic E-state index is -0.898. The molecule has 1 amide bonds. The first-order valence-electron chi connectivity index (χ1n) is 9.18. The zero-order valence-corrected chi connectivity index (χ0v) is 15.3. The molecule has 2 aliphatic heterocycles. The van der Waals surface area contributed by atoms with Gasteiger partial charge < -0.3 is 14.7 Å². The van der Waals surface area contributed by atoms with E-state index in [4.69, 9.17) is 4.74 Å². The third kappa shape index (κ3) is 3.00. The van der Waals surface area contributed by atoms with Crippen LogP contribution in [0.25, 0.3) is 0 Å². The third-order valence-corrected chi connectivity index (χ3v) is 6.27. The van der Waals surface area contributed by atoms with Crippen molar-refractivity contribution in [1.29, 1.82) is 0 Å². The predicted octanol–water partition coefficient (Wildman–Crippen LogP) is 2.83. The highest BCUT2D eigenvalue weighted by Gasteiger charge is 2.52. The number of carbonyl (C=O) groups excluding carboxylic acids is 1. The summed E-state index contributed by atoms with van der Waals surface area (Å²) in [4.78, 5) is 27.1. The normalized spacial score (nSPS) is 25.5. The highest BCUT2D eigenvalue weighted by Crippen LogP contribution is 2.43. The summed E-state index contributed by atoms with van der Waals surface area (Å²) in [7, 11) is 0. The zero-order chi connectivity index (χ0) is 18.9. The van der Waals surface area contributed by atoms with Crippen molar-refractivity contribution in [3.8, 4) is 0 Å². The third-order valence-electron chi connectivity index (χ3n) is 6.27. The number of benzene rings is 1. The lowest BCUT2D eigenvalue weighted by molar-refractivity contribution is -0.152. The van der Waals surface area contributed by atoms with Crippen molar-refractivity contribution in [2.75, 3.05) is 26.3 Å². The Morgan fingerprint density at radius 1 is 1.15 bits per heavy atom. The van der Waals surface area contributed by atoms with E-state index in [-0.39, 0.29) is 24.2 Å². The van der Waals surface area contributed by atoms with E-state index in [1.54, 1.807) is 17.0 Å². The summed E-state index contributed by atoms with van der Waals surface area (Å²) in [5.74, 6) is -1.30. The number of hydrogen-bond acceptors (Lipinski definition) is 3. The van der Waals surface area contributed by atoms with Gasteiger partial charge in [-0.1, -0.05) is 26.0 Å². The summed E-state index contributed by atoms with van der Waals surface area (Å²) in [5.41, 5.74) is -0.882. The maximum atomic E-state index is 13.5. The fourth-order valence-electron chi connectivity index (χ4n) is 4.32. The van der Waals surface area contributed by atoms with Crippen LogP contribution in [0.4, 0.5) is 4.39 Å². The van der Waals surface area contributed by atoms with Crippen molar-refractivity contribution >= 4 is 11.9 Å². The van der Waals surface area contributed by atoms with E-state index in [1.165, 1.54) is 12.1 Å². The van der Waals surface area contributed by atoms with Crippen LogP contribution in [-0.4, -0.2) is 48.2 Å². The average molecular weight is 363 g/mol. The van der Waals surface area contributed by atoms with E-state index in [0.717, 1.165) is 5.56 Å². The second kappa shape index (κ2) is 6.99. The molecule has 0 aliphatic carbocycles. The number of aliphatic carboxylic acids is 1. The van der Waals surface area contributed by atoms with Crippen LogP contribution in [0.3, 0.4) is 0 Å². The summed E-state index contributed by atoms with van der Waals surface area (Å²) in [6, 6.07) is 6.09. The molecule has 2 fully saturated rings. The van der Waals surface area contributed by atoms with Gasteiger partial charge in [-0.2, -0.15) is 0 Å². The number of rotatable bonds is 4. The highest BCUT2D eigenvalue weighted by molar-refractivity contribution is 5.90. The molecule has 0 radical (unpaired) electrons. The highest BCUT2D eigenvalue weighted by atomic mass is 19.1. The van der Waals surface area contributed by atoms with Gasteiger partial charge in [0, 0.05) is 26.3 Å². The summed E-state index contributed by atoms with van der Waals surface area (Å²) in [6.07, 6.45) is 1.51. The first-order valence-corrected chi connectivity index (χ1v) is 9.18. The lowest BCUT2D eigenvalue weighted by Crippen LogP contribution is -2.50. The van der Waals surface area contributed by atoms with E-state index >= 15 is 0 Å². The Bertz CT molecular complexity index is 682. The van der Waals surface area contributed by atoms with E-state index < -0.39 is 16.8 Å². The number of nitrogens with zero attached hydrogens (tertiary/aromatic N) is 1. The van der Waals surface area contributed by atoms with Gasteiger partial charge in [0.2, 0.25) is 5.91 Å². The SMILES string of the molecule is CC(C)C1(C(=O)O)CCN(C(=O)C2(c3ccc(F)cc3)CCOCC2)C1. The van der Waals surface area contributed by atoms with Crippen molar-refractivity contribution in [2.24, 2.45) is 11.3 Å². The number of carbonyl (C=O) groups is 2. The Balaban J connectivity index is 1.92. The Labute approximate surface area is 153 Å². The number of halogens is 1. The molecule has 0 bridgehead atoms. The summed E-state index contributed by atoms with van der Waals surface area (Å²) in [5, 5.41) is 9.76. The topological polar surface area (TPSA) is 66.8 Å². The number of carboxylic acids is 1. The smallest absolute Gasteiger partial charge is 0.311 e. The lowest BCUT2D eigenvalue weighted by atomic mass is 9.72. The maximum absolute atomic E-state index is 13.5. The molecule has 5 nitrogen and oxygen atoms in total. The number of likely N-dealkylation sites (tertiary alicyclic amines) is 1. The molecule has 1 aromatic rings. The van der Waals surface area contributed by atoms with Crippen molar-refractivity contribution in [2.45, 2.75) is 38.5 Å². The van der Waals surface area contributed by atoms with Gasteiger partial charge in [-0.05, 0) is 42.9 Å². The van der Waals surface area contributed by atoms with Crippen LogP contribution in [0.15, 0.2) is 24.3 Å². The Morgan fingerprint density at radius 2 is 1.77 bits per heavy atom. The van der Waals surface area contributed by atoms with E-state index in [9.17, 15) is 19.1 Å². The molecule has 2 saturated heterocycles. The zero-order valence-electron chi connectivity index (χ0n) is 15.3. The summed E-state index contributed by atoms with van der Waals surface area (Å²) in [6.45, 7) is 5.38. The van der Waals surface area contributed by atoms with Crippen LogP contribution < -0.4 is 0 Å². The molecular formula is C20H26FNO4. The van der Waals surface area contributed by atoms with E-state index in [2.05, 4.69) is 0 Å². The average Bonchev–Trinajstić information content (AvgIpc) is 3.09. The van der Waals surface area contributed by atoms with Crippen molar-refractivity contribution in [3.63, 3.8) is 0 Å². The molecule has 1 aromatic carbocycles. The van der Waals surface area contributed by atoms with Crippen LogP contribution in [0.5, 0.6) is 0 Å². The van der Waals surface area contributed by atoms with Gasteiger partial charge in [-0.3, -0.25) is 9.59 Å². The fourth-order valence-corrected chi connectivity index (χ4v) is 4.32. The van der Waals surface area contributed by atoms with Gasteiger partial charge in [-0.25, -0.2) is 4.39 Å². The monoisotopic (exact) mass is 363 g/mol. The minimum Gasteiger partial charge on any atom is -0.481 e. The van der Waals surface area contributed by atoms with Crippen molar-refractivity contribution in [1.82, 2.24) is 4.90 Å². The molecule has 2 heterocycles. The quantitative estimate of drug-likeness (QED) is 0.893. The van der Waals surface area contributed by atoms with Crippen LogP contribution >= 0.6 is 0 Å². The Morgan fingerprint density at radius 3 is 2.27 bits per heavy atom. The maximum Gasteiger partial charge on any atom is 0.311 e.